The van der Waals surface area contributed by atoms with Gasteiger partial charge in [-0.15, -0.1) is 11.3 Å². The maximum atomic E-state index is 12.2. The zero-order valence-electron chi connectivity index (χ0n) is 13.0. The number of carbonyl (C=O) groups is 1. The van der Waals surface area contributed by atoms with Gasteiger partial charge in [0.15, 0.2) is 0 Å². The lowest BCUT2D eigenvalue weighted by atomic mass is 9.88. The fraction of sp³-hybridized carbons (Fsp3) is 0.625. The number of amides is 1. The standard InChI is InChI=1S/C16H23N3OS/c1-4-18-9-11(3)15(20)19-16-13(8-17)12-6-5-10(2)7-14(12)21-16/h10-11,18H,4-7,9H2,1-3H3,(H,19,20). The number of hydrogen-bond acceptors (Lipinski definition) is 4. The molecule has 2 unspecified atom stereocenters. The number of fused-ring (bicyclic) bond motifs is 1. The Labute approximate surface area is 130 Å². The minimum absolute atomic E-state index is 0.0147. The molecule has 1 aromatic rings. The fourth-order valence-electron chi connectivity index (χ4n) is 2.65. The molecule has 4 nitrogen and oxygen atoms in total. The molecule has 5 heteroatoms. The average Bonchev–Trinajstić information content (AvgIpc) is 2.80. The minimum atomic E-state index is -0.102. The third-order valence-electron chi connectivity index (χ3n) is 4.01. The van der Waals surface area contributed by atoms with Gasteiger partial charge in [-0.05, 0) is 37.3 Å². The van der Waals surface area contributed by atoms with Gasteiger partial charge < -0.3 is 10.6 Å². The number of thiophene rings is 1. The second kappa shape index (κ2) is 7.06. The van der Waals surface area contributed by atoms with Crippen LogP contribution in [0.3, 0.4) is 0 Å². The molecule has 1 aromatic heterocycles. The third kappa shape index (κ3) is 3.63. The summed E-state index contributed by atoms with van der Waals surface area (Å²) in [5.41, 5.74) is 1.85. The van der Waals surface area contributed by atoms with E-state index in [2.05, 4.69) is 23.6 Å². The molecule has 0 bridgehead atoms. The molecule has 1 amide bonds. The first-order valence-electron chi connectivity index (χ1n) is 7.63. The van der Waals surface area contributed by atoms with Crippen molar-refractivity contribution in [3.05, 3.63) is 16.0 Å². The highest BCUT2D eigenvalue weighted by molar-refractivity contribution is 7.16. The molecule has 114 valence electrons. The van der Waals surface area contributed by atoms with Gasteiger partial charge in [0.05, 0.1) is 5.56 Å². The van der Waals surface area contributed by atoms with Crippen molar-refractivity contribution in [1.82, 2.24) is 5.32 Å². The molecule has 0 aromatic carbocycles. The summed E-state index contributed by atoms with van der Waals surface area (Å²) in [4.78, 5) is 13.5. The lowest BCUT2D eigenvalue weighted by Gasteiger charge is -2.17. The molecular weight excluding hydrogens is 282 g/mol. The molecule has 1 aliphatic carbocycles. The molecule has 2 rings (SSSR count). The first-order chi connectivity index (χ1) is 10.1. The molecule has 0 radical (unpaired) electrons. The Morgan fingerprint density at radius 1 is 1.57 bits per heavy atom. The van der Waals surface area contributed by atoms with Crippen LogP contribution in [-0.2, 0) is 17.6 Å². The quantitative estimate of drug-likeness (QED) is 0.879. The Bertz CT molecular complexity index is 559. The van der Waals surface area contributed by atoms with Crippen LogP contribution in [0.2, 0.25) is 0 Å². The SMILES string of the molecule is CCNCC(C)C(=O)Nc1sc2c(c1C#N)CCC(C)C2. The monoisotopic (exact) mass is 305 g/mol. The second-order valence-corrected chi connectivity index (χ2v) is 6.97. The summed E-state index contributed by atoms with van der Waals surface area (Å²) >= 11 is 1.59. The molecule has 1 heterocycles. The van der Waals surface area contributed by atoms with E-state index in [1.807, 2.05) is 13.8 Å². The number of nitrogens with zero attached hydrogens (tertiary/aromatic N) is 1. The van der Waals surface area contributed by atoms with E-state index in [1.165, 1.54) is 4.88 Å². The Morgan fingerprint density at radius 3 is 3.00 bits per heavy atom. The number of carbonyl (C=O) groups excluding carboxylic acids is 1. The smallest absolute Gasteiger partial charge is 0.229 e. The van der Waals surface area contributed by atoms with Gasteiger partial charge in [-0.2, -0.15) is 5.26 Å². The molecule has 0 aliphatic heterocycles. The lowest BCUT2D eigenvalue weighted by Crippen LogP contribution is -2.30. The van der Waals surface area contributed by atoms with Gasteiger partial charge >= 0.3 is 0 Å². The van der Waals surface area contributed by atoms with E-state index in [4.69, 9.17) is 0 Å². The number of nitriles is 1. The highest BCUT2D eigenvalue weighted by Crippen LogP contribution is 2.39. The highest BCUT2D eigenvalue weighted by Gasteiger charge is 2.25. The molecule has 2 atom stereocenters. The molecule has 21 heavy (non-hydrogen) atoms. The van der Waals surface area contributed by atoms with Crippen LogP contribution in [0.1, 0.15) is 43.2 Å². The van der Waals surface area contributed by atoms with Gasteiger partial charge in [-0.1, -0.05) is 20.8 Å². The topological polar surface area (TPSA) is 64.9 Å². The summed E-state index contributed by atoms with van der Waals surface area (Å²) in [7, 11) is 0. The maximum absolute atomic E-state index is 12.2. The number of nitrogens with one attached hydrogen (secondary N) is 2. The van der Waals surface area contributed by atoms with E-state index >= 15 is 0 Å². The molecule has 0 saturated carbocycles. The molecule has 2 N–H and O–H groups in total. The van der Waals surface area contributed by atoms with Crippen molar-refractivity contribution >= 4 is 22.2 Å². The van der Waals surface area contributed by atoms with Crippen molar-refractivity contribution in [3.63, 3.8) is 0 Å². The molecule has 0 spiro atoms. The largest absolute Gasteiger partial charge is 0.316 e. The normalized spacial score (nSPS) is 18.7. The van der Waals surface area contributed by atoms with Crippen LogP contribution < -0.4 is 10.6 Å². The first kappa shape index (κ1) is 16.0. The van der Waals surface area contributed by atoms with E-state index < -0.39 is 0 Å². The van der Waals surface area contributed by atoms with E-state index in [-0.39, 0.29) is 11.8 Å². The van der Waals surface area contributed by atoms with Crippen molar-refractivity contribution in [1.29, 1.82) is 5.26 Å². The predicted octanol–water partition coefficient (Wildman–Crippen LogP) is 2.93. The predicted molar refractivity (Wildman–Crippen MR) is 86.6 cm³/mol. The lowest BCUT2D eigenvalue weighted by molar-refractivity contribution is -0.119. The van der Waals surface area contributed by atoms with Crippen LogP contribution in [0.4, 0.5) is 5.00 Å². The first-order valence-corrected chi connectivity index (χ1v) is 8.44. The summed E-state index contributed by atoms with van der Waals surface area (Å²) in [5, 5.41) is 16.3. The zero-order valence-corrected chi connectivity index (χ0v) is 13.8. The van der Waals surface area contributed by atoms with Gasteiger partial charge in [0.1, 0.15) is 11.1 Å². The van der Waals surface area contributed by atoms with Gasteiger partial charge in [0, 0.05) is 17.3 Å². The summed E-state index contributed by atoms with van der Waals surface area (Å²) in [6.07, 6.45) is 3.11. The Hall–Kier alpha value is -1.38. The fourth-order valence-corrected chi connectivity index (χ4v) is 4.01. The van der Waals surface area contributed by atoms with E-state index in [0.29, 0.717) is 18.0 Å². The van der Waals surface area contributed by atoms with Crippen molar-refractivity contribution in [2.45, 2.75) is 40.0 Å². The van der Waals surface area contributed by atoms with Crippen molar-refractivity contribution < 1.29 is 4.79 Å². The van der Waals surface area contributed by atoms with Crippen LogP contribution in [0.25, 0.3) is 0 Å². The zero-order chi connectivity index (χ0) is 15.4. The van der Waals surface area contributed by atoms with Crippen LogP contribution >= 0.6 is 11.3 Å². The second-order valence-electron chi connectivity index (χ2n) is 5.87. The van der Waals surface area contributed by atoms with E-state index in [9.17, 15) is 10.1 Å². The summed E-state index contributed by atoms with van der Waals surface area (Å²) < 4.78 is 0. The molecule has 1 aliphatic rings. The molecule has 0 fully saturated rings. The average molecular weight is 305 g/mol. The van der Waals surface area contributed by atoms with Crippen LogP contribution in [0.15, 0.2) is 0 Å². The van der Waals surface area contributed by atoms with E-state index in [0.717, 1.165) is 36.4 Å². The van der Waals surface area contributed by atoms with Crippen LogP contribution in [-0.4, -0.2) is 19.0 Å². The maximum Gasteiger partial charge on any atom is 0.229 e. The van der Waals surface area contributed by atoms with Gasteiger partial charge in [0.2, 0.25) is 5.91 Å². The van der Waals surface area contributed by atoms with E-state index in [1.54, 1.807) is 11.3 Å². The van der Waals surface area contributed by atoms with Crippen LogP contribution in [0.5, 0.6) is 0 Å². The van der Waals surface area contributed by atoms with Crippen molar-refractivity contribution in [2.24, 2.45) is 11.8 Å². The summed E-state index contributed by atoms with van der Waals surface area (Å²) in [5.74, 6) is 0.549. The Morgan fingerprint density at radius 2 is 2.33 bits per heavy atom. The highest BCUT2D eigenvalue weighted by atomic mass is 32.1. The Balaban J connectivity index is 2.14. The molecular formula is C16H23N3OS. The third-order valence-corrected chi connectivity index (χ3v) is 5.18. The number of rotatable bonds is 5. The van der Waals surface area contributed by atoms with Gasteiger partial charge in [-0.3, -0.25) is 4.79 Å². The Kier molecular flexibility index (Phi) is 5.38. The van der Waals surface area contributed by atoms with Crippen LogP contribution in [0, 0.1) is 23.2 Å². The number of hydrogen-bond donors (Lipinski definition) is 2. The summed E-state index contributed by atoms with van der Waals surface area (Å²) in [6.45, 7) is 7.68. The van der Waals surface area contributed by atoms with Crippen molar-refractivity contribution in [3.8, 4) is 6.07 Å². The molecule has 0 saturated heterocycles. The summed E-state index contributed by atoms with van der Waals surface area (Å²) in [6, 6.07) is 2.29. The van der Waals surface area contributed by atoms with Crippen molar-refractivity contribution in [2.75, 3.05) is 18.4 Å². The van der Waals surface area contributed by atoms with Gasteiger partial charge in [0.25, 0.3) is 0 Å². The minimum Gasteiger partial charge on any atom is -0.316 e. The number of anilines is 1. The van der Waals surface area contributed by atoms with Gasteiger partial charge in [-0.25, -0.2) is 0 Å².